The third-order valence-corrected chi connectivity index (χ3v) is 2.88. The van der Waals surface area contributed by atoms with Crippen molar-refractivity contribution in [3.8, 4) is 5.75 Å². The van der Waals surface area contributed by atoms with Crippen molar-refractivity contribution in [3.63, 3.8) is 0 Å². The number of rotatable bonds is 5. The number of halogens is 1. The van der Waals surface area contributed by atoms with Crippen LogP contribution < -0.4 is 10.1 Å². The molecule has 0 atom stereocenters. The number of ether oxygens (including phenoxy) is 1. The van der Waals surface area contributed by atoms with Crippen molar-refractivity contribution < 1.29 is 9.53 Å². The van der Waals surface area contributed by atoms with Gasteiger partial charge in [-0.2, -0.15) is 0 Å². The van der Waals surface area contributed by atoms with Crippen LogP contribution >= 0.6 is 11.6 Å². The molecule has 1 aromatic carbocycles. The molecule has 1 aromatic heterocycles. The molecule has 0 aliphatic rings. The predicted molar refractivity (Wildman–Crippen MR) is 76.1 cm³/mol. The van der Waals surface area contributed by atoms with Gasteiger partial charge in [-0.3, -0.25) is 9.78 Å². The van der Waals surface area contributed by atoms with Gasteiger partial charge in [0.1, 0.15) is 16.6 Å². The second kappa shape index (κ2) is 6.86. The molecular weight excluding hydrogens is 278 g/mol. The van der Waals surface area contributed by atoms with Gasteiger partial charge in [0.15, 0.2) is 0 Å². The Labute approximate surface area is 122 Å². The smallest absolute Gasteiger partial charge is 0.271 e. The van der Waals surface area contributed by atoms with E-state index in [1.54, 1.807) is 7.11 Å². The highest BCUT2D eigenvalue weighted by Crippen LogP contribution is 2.11. The number of hydrogen-bond donors (Lipinski definition) is 1. The Hall–Kier alpha value is -2.14. The lowest BCUT2D eigenvalue weighted by molar-refractivity contribution is 0.0948. The summed E-state index contributed by atoms with van der Waals surface area (Å²) in [5, 5.41) is 2.97. The van der Waals surface area contributed by atoms with E-state index in [1.807, 2.05) is 24.3 Å². The lowest BCUT2D eigenvalue weighted by atomic mass is 10.1. The summed E-state index contributed by atoms with van der Waals surface area (Å²) in [5.41, 5.74) is 1.33. The average Bonchev–Trinajstić information content (AvgIpc) is 2.48. The largest absolute Gasteiger partial charge is 0.497 e. The Morgan fingerprint density at radius 3 is 2.70 bits per heavy atom. The van der Waals surface area contributed by atoms with Crippen LogP contribution in [0.3, 0.4) is 0 Å². The van der Waals surface area contributed by atoms with Gasteiger partial charge in [-0.05, 0) is 24.1 Å². The van der Waals surface area contributed by atoms with Crippen LogP contribution in [0.1, 0.15) is 16.1 Å². The molecular formula is C14H14ClN3O2. The van der Waals surface area contributed by atoms with Crippen molar-refractivity contribution in [1.82, 2.24) is 15.3 Å². The fraction of sp³-hybridized carbons (Fsp3) is 0.214. The molecule has 0 aliphatic heterocycles. The number of aromatic nitrogens is 2. The number of nitrogens with zero attached hydrogens (tertiary/aromatic N) is 2. The monoisotopic (exact) mass is 291 g/mol. The topological polar surface area (TPSA) is 64.1 Å². The van der Waals surface area contributed by atoms with Gasteiger partial charge in [0.25, 0.3) is 5.91 Å². The van der Waals surface area contributed by atoms with Crippen molar-refractivity contribution in [3.05, 3.63) is 53.1 Å². The molecule has 0 aliphatic carbocycles. The summed E-state index contributed by atoms with van der Waals surface area (Å²) in [6.07, 6.45) is 3.49. The second-order valence-electron chi connectivity index (χ2n) is 4.08. The summed E-state index contributed by atoms with van der Waals surface area (Å²) in [4.78, 5) is 19.5. The fourth-order valence-electron chi connectivity index (χ4n) is 1.65. The number of amides is 1. The number of carbonyl (C=O) groups is 1. The molecule has 0 saturated carbocycles. The molecule has 20 heavy (non-hydrogen) atoms. The minimum atomic E-state index is -0.284. The van der Waals surface area contributed by atoms with E-state index < -0.39 is 0 Å². The summed E-state index contributed by atoms with van der Waals surface area (Å²) < 4.78 is 5.08. The van der Waals surface area contributed by atoms with E-state index in [1.165, 1.54) is 12.4 Å². The first-order valence-corrected chi connectivity index (χ1v) is 6.45. The molecule has 0 saturated heterocycles. The van der Waals surface area contributed by atoms with Crippen molar-refractivity contribution in [2.45, 2.75) is 6.42 Å². The lowest BCUT2D eigenvalue weighted by Crippen LogP contribution is -2.26. The fourth-order valence-corrected chi connectivity index (χ4v) is 1.80. The van der Waals surface area contributed by atoms with E-state index >= 15 is 0 Å². The Morgan fingerprint density at radius 1 is 1.30 bits per heavy atom. The van der Waals surface area contributed by atoms with E-state index in [-0.39, 0.29) is 16.8 Å². The van der Waals surface area contributed by atoms with Gasteiger partial charge in [-0.15, -0.1) is 0 Å². The van der Waals surface area contributed by atoms with Gasteiger partial charge in [0.05, 0.1) is 19.5 Å². The SMILES string of the molecule is COc1ccc(CCNC(=O)c2cncc(Cl)n2)cc1. The van der Waals surface area contributed by atoms with Crippen LogP contribution in [0.4, 0.5) is 0 Å². The van der Waals surface area contributed by atoms with Gasteiger partial charge < -0.3 is 10.1 Å². The number of hydrogen-bond acceptors (Lipinski definition) is 4. The maximum atomic E-state index is 11.8. The molecule has 0 spiro atoms. The van der Waals surface area contributed by atoms with E-state index in [0.717, 1.165) is 17.7 Å². The Kier molecular flexibility index (Phi) is 4.90. The summed E-state index contributed by atoms with van der Waals surface area (Å²) >= 11 is 5.68. The standard InChI is InChI=1S/C14H14ClN3O2/c1-20-11-4-2-10(3-5-11)6-7-17-14(19)12-8-16-9-13(15)18-12/h2-5,8-9H,6-7H2,1H3,(H,17,19). The molecule has 5 nitrogen and oxygen atoms in total. The van der Waals surface area contributed by atoms with Crippen molar-refractivity contribution in [1.29, 1.82) is 0 Å². The Bertz CT molecular complexity index is 587. The normalized spacial score (nSPS) is 10.1. The van der Waals surface area contributed by atoms with Crippen LogP contribution in [0.15, 0.2) is 36.7 Å². The minimum Gasteiger partial charge on any atom is -0.497 e. The molecule has 1 N–H and O–H groups in total. The zero-order chi connectivity index (χ0) is 14.4. The quantitative estimate of drug-likeness (QED) is 0.916. The molecule has 0 unspecified atom stereocenters. The minimum absolute atomic E-state index is 0.202. The van der Waals surface area contributed by atoms with Gasteiger partial charge in [0.2, 0.25) is 0 Å². The highest BCUT2D eigenvalue weighted by molar-refractivity contribution is 6.29. The van der Waals surface area contributed by atoms with Gasteiger partial charge in [-0.25, -0.2) is 4.98 Å². The number of carbonyl (C=O) groups excluding carboxylic acids is 1. The van der Waals surface area contributed by atoms with Crippen molar-refractivity contribution in [2.75, 3.05) is 13.7 Å². The van der Waals surface area contributed by atoms with Gasteiger partial charge in [0, 0.05) is 6.54 Å². The summed E-state index contributed by atoms with van der Waals surface area (Å²) in [6, 6.07) is 7.70. The summed E-state index contributed by atoms with van der Waals surface area (Å²) in [7, 11) is 1.63. The van der Waals surface area contributed by atoms with Crippen LogP contribution in [0.5, 0.6) is 5.75 Å². The first-order valence-electron chi connectivity index (χ1n) is 6.07. The number of nitrogens with one attached hydrogen (secondary N) is 1. The molecule has 0 fully saturated rings. The van der Waals surface area contributed by atoms with E-state index in [4.69, 9.17) is 16.3 Å². The molecule has 1 heterocycles. The Balaban J connectivity index is 1.84. The molecule has 6 heteroatoms. The predicted octanol–water partition coefficient (Wildman–Crippen LogP) is 2.11. The highest BCUT2D eigenvalue weighted by Gasteiger charge is 2.07. The van der Waals surface area contributed by atoms with Crippen LogP contribution in [0.25, 0.3) is 0 Å². The molecule has 1 amide bonds. The van der Waals surface area contributed by atoms with Crippen molar-refractivity contribution >= 4 is 17.5 Å². The van der Waals surface area contributed by atoms with Crippen LogP contribution in [-0.4, -0.2) is 29.5 Å². The summed E-state index contributed by atoms with van der Waals surface area (Å²) in [5.74, 6) is 0.528. The van der Waals surface area contributed by atoms with E-state index in [0.29, 0.717) is 6.54 Å². The third kappa shape index (κ3) is 3.93. The molecule has 2 aromatic rings. The molecule has 104 valence electrons. The molecule has 2 rings (SSSR count). The summed E-state index contributed by atoms with van der Waals surface area (Å²) in [6.45, 7) is 0.513. The van der Waals surface area contributed by atoms with Gasteiger partial charge in [-0.1, -0.05) is 23.7 Å². The van der Waals surface area contributed by atoms with Crippen molar-refractivity contribution in [2.24, 2.45) is 0 Å². The molecule has 0 radical (unpaired) electrons. The van der Waals surface area contributed by atoms with E-state index in [2.05, 4.69) is 15.3 Å². The number of benzene rings is 1. The maximum Gasteiger partial charge on any atom is 0.271 e. The average molecular weight is 292 g/mol. The van der Waals surface area contributed by atoms with Gasteiger partial charge >= 0.3 is 0 Å². The third-order valence-electron chi connectivity index (χ3n) is 2.70. The second-order valence-corrected chi connectivity index (χ2v) is 4.47. The van der Waals surface area contributed by atoms with Crippen LogP contribution in [-0.2, 0) is 6.42 Å². The van der Waals surface area contributed by atoms with Crippen LogP contribution in [0, 0.1) is 0 Å². The first-order chi connectivity index (χ1) is 9.69. The molecule has 0 bridgehead atoms. The zero-order valence-electron chi connectivity index (χ0n) is 11.0. The van der Waals surface area contributed by atoms with Crippen LogP contribution in [0.2, 0.25) is 5.15 Å². The highest BCUT2D eigenvalue weighted by atomic mass is 35.5. The number of methoxy groups -OCH3 is 1. The zero-order valence-corrected chi connectivity index (χ0v) is 11.7. The maximum absolute atomic E-state index is 11.8. The first kappa shape index (κ1) is 14.3. The Morgan fingerprint density at radius 2 is 2.05 bits per heavy atom. The lowest BCUT2D eigenvalue weighted by Gasteiger charge is -2.05. The van der Waals surface area contributed by atoms with E-state index in [9.17, 15) is 4.79 Å².